The highest BCUT2D eigenvalue weighted by atomic mass is 35.5. The van der Waals surface area contributed by atoms with Gasteiger partial charge in [0.25, 0.3) is 0 Å². The molecule has 0 spiro atoms. The zero-order valence-corrected chi connectivity index (χ0v) is 14.6. The van der Waals surface area contributed by atoms with Gasteiger partial charge in [0.15, 0.2) is 0 Å². The summed E-state index contributed by atoms with van der Waals surface area (Å²) in [6.07, 6.45) is -3.75. The second kappa shape index (κ2) is 7.56. The van der Waals surface area contributed by atoms with Crippen molar-refractivity contribution >= 4 is 17.3 Å². The molecule has 1 N–H and O–H groups in total. The van der Waals surface area contributed by atoms with E-state index in [1.807, 2.05) is 23.1 Å². The lowest BCUT2D eigenvalue weighted by Crippen LogP contribution is -2.36. The SMILES string of the molecule is N#Cc1ccc(N(Cc2ccccc2Cl)C2CCNC2)cc1C(F)(F)F. The molecular formula is C19H17ClF3N3. The summed E-state index contributed by atoms with van der Waals surface area (Å²) in [5.74, 6) is 0. The van der Waals surface area contributed by atoms with Gasteiger partial charge >= 0.3 is 6.18 Å². The third-order valence-corrected chi connectivity index (χ3v) is 4.90. The molecule has 3 rings (SSSR count). The van der Waals surface area contributed by atoms with Gasteiger partial charge in [-0.1, -0.05) is 29.8 Å². The summed E-state index contributed by atoms with van der Waals surface area (Å²) in [5.41, 5.74) is 0.0000324. The smallest absolute Gasteiger partial charge is 0.363 e. The van der Waals surface area contributed by atoms with Crippen molar-refractivity contribution < 1.29 is 13.2 Å². The van der Waals surface area contributed by atoms with E-state index < -0.39 is 11.7 Å². The number of hydrogen-bond acceptors (Lipinski definition) is 3. The van der Waals surface area contributed by atoms with Crippen LogP contribution in [0.2, 0.25) is 5.02 Å². The molecule has 1 aliphatic rings. The summed E-state index contributed by atoms with van der Waals surface area (Å²) in [7, 11) is 0. The molecule has 1 saturated heterocycles. The number of halogens is 4. The highest BCUT2D eigenvalue weighted by molar-refractivity contribution is 6.31. The topological polar surface area (TPSA) is 39.1 Å². The third-order valence-electron chi connectivity index (χ3n) is 4.53. The molecule has 0 radical (unpaired) electrons. The predicted octanol–water partition coefficient (Wildman–Crippen LogP) is 4.60. The van der Waals surface area contributed by atoms with Crippen LogP contribution in [0.1, 0.15) is 23.1 Å². The summed E-state index contributed by atoms with van der Waals surface area (Å²) >= 11 is 6.25. The van der Waals surface area contributed by atoms with Crippen LogP contribution in [0.25, 0.3) is 0 Å². The van der Waals surface area contributed by atoms with Crippen LogP contribution in [0.15, 0.2) is 42.5 Å². The van der Waals surface area contributed by atoms with Crippen molar-refractivity contribution in [3.8, 4) is 6.07 Å². The normalized spacial score (nSPS) is 17.1. The number of nitrogens with one attached hydrogen (secondary N) is 1. The predicted molar refractivity (Wildman–Crippen MR) is 95.1 cm³/mol. The fraction of sp³-hybridized carbons (Fsp3) is 0.316. The lowest BCUT2D eigenvalue weighted by atomic mass is 10.0. The Morgan fingerprint density at radius 1 is 1.23 bits per heavy atom. The van der Waals surface area contributed by atoms with Crippen molar-refractivity contribution in [2.45, 2.75) is 25.2 Å². The van der Waals surface area contributed by atoms with Crippen LogP contribution in [0.3, 0.4) is 0 Å². The van der Waals surface area contributed by atoms with E-state index in [4.69, 9.17) is 16.9 Å². The van der Waals surface area contributed by atoms with Gasteiger partial charge in [0, 0.05) is 29.8 Å². The molecule has 3 nitrogen and oxygen atoms in total. The summed E-state index contributed by atoms with van der Waals surface area (Å²) in [4.78, 5) is 1.93. The summed E-state index contributed by atoms with van der Waals surface area (Å²) in [6, 6.07) is 12.9. The Kier molecular flexibility index (Phi) is 5.40. The van der Waals surface area contributed by atoms with E-state index >= 15 is 0 Å². The molecule has 136 valence electrons. The maximum atomic E-state index is 13.3. The monoisotopic (exact) mass is 379 g/mol. The van der Waals surface area contributed by atoms with E-state index in [1.54, 1.807) is 18.2 Å². The number of nitriles is 1. The minimum Gasteiger partial charge on any atom is -0.363 e. The third kappa shape index (κ3) is 3.95. The van der Waals surface area contributed by atoms with E-state index in [1.165, 1.54) is 6.07 Å². The van der Waals surface area contributed by atoms with Gasteiger partial charge < -0.3 is 10.2 Å². The second-order valence-electron chi connectivity index (χ2n) is 6.21. The summed E-state index contributed by atoms with van der Waals surface area (Å²) < 4.78 is 40.0. The second-order valence-corrected chi connectivity index (χ2v) is 6.61. The van der Waals surface area contributed by atoms with E-state index in [2.05, 4.69) is 5.32 Å². The molecule has 0 bridgehead atoms. The zero-order valence-electron chi connectivity index (χ0n) is 13.9. The quantitative estimate of drug-likeness (QED) is 0.843. The molecule has 0 saturated carbocycles. The fourth-order valence-corrected chi connectivity index (χ4v) is 3.39. The highest BCUT2D eigenvalue weighted by Crippen LogP contribution is 2.36. The lowest BCUT2D eigenvalue weighted by molar-refractivity contribution is -0.137. The standard InChI is InChI=1S/C19H17ClF3N3/c20-18-4-2-1-3-14(18)12-26(16-7-8-25-11-16)15-6-5-13(10-24)17(9-15)19(21,22)23/h1-6,9,16,25H,7-8,11-12H2. The summed E-state index contributed by atoms with van der Waals surface area (Å²) in [6.45, 7) is 1.90. The van der Waals surface area contributed by atoms with Gasteiger partial charge in [0.1, 0.15) is 0 Å². The van der Waals surface area contributed by atoms with Crippen LogP contribution in [0.5, 0.6) is 0 Å². The molecule has 0 aromatic heterocycles. The molecule has 1 fully saturated rings. The Morgan fingerprint density at radius 2 is 2.00 bits per heavy atom. The van der Waals surface area contributed by atoms with Gasteiger partial charge in [-0.15, -0.1) is 0 Å². The molecule has 1 unspecified atom stereocenters. The van der Waals surface area contributed by atoms with Crippen molar-refractivity contribution in [3.05, 3.63) is 64.2 Å². The number of anilines is 1. The molecule has 1 heterocycles. The Balaban J connectivity index is 2.02. The molecule has 0 amide bonds. The molecule has 26 heavy (non-hydrogen) atoms. The maximum Gasteiger partial charge on any atom is 0.417 e. The lowest BCUT2D eigenvalue weighted by Gasteiger charge is -2.32. The van der Waals surface area contributed by atoms with Crippen LogP contribution < -0.4 is 10.2 Å². The minimum absolute atomic E-state index is 0.0558. The highest BCUT2D eigenvalue weighted by Gasteiger charge is 2.35. The van der Waals surface area contributed by atoms with Crippen molar-refractivity contribution in [1.29, 1.82) is 5.26 Å². The first-order chi connectivity index (χ1) is 12.4. The van der Waals surface area contributed by atoms with Gasteiger partial charge in [-0.3, -0.25) is 0 Å². The summed E-state index contributed by atoms with van der Waals surface area (Å²) in [5, 5.41) is 12.8. The van der Waals surface area contributed by atoms with Gasteiger partial charge in [-0.2, -0.15) is 18.4 Å². The Bertz CT molecular complexity index is 824. The number of rotatable bonds is 4. The van der Waals surface area contributed by atoms with E-state index in [0.717, 1.165) is 24.6 Å². The van der Waals surface area contributed by atoms with Crippen molar-refractivity contribution in [3.63, 3.8) is 0 Å². The molecule has 1 aliphatic heterocycles. The van der Waals surface area contributed by atoms with Crippen LogP contribution in [0.4, 0.5) is 18.9 Å². The van der Waals surface area contributed by atoms with Crippen molar-refractivity contribution in [1.82, 2.24) is 5.32 Å². The van der Waals surface area contributed by atoms with Gasteiger partial charge in [-0.05, 0) is 42.8 Å². The van der Waals surface area contributed by atoms with E-state index in [0.29, 0.717) is 23.8 Å². The van der Waals surface area contributed by atoms with Gasteiger partial charge in [-0.25, -0.2) is 0 Å². The first-order valence-electron chi connectivity index (χ1n) is 8.22. The Morgan fingerprint density at radius 3 is 2.62 bits per heavy atom. The molecule has 2 aromatic carbocycles. The molecule has 2 aromatic rings. The van der Waals surface area contributed by atoms with Crippen molar-refractivity contribution in [2.75, 3.05) is 18.0 Å². The zero-order chi connectivity index (χ0) is 18.7. The number of nitrogens with zero attached hydrogens (tertiary/aromatic N) is 2. The van der Waals surface area contributed by atoms with E-state index in [-0.39, 0.29) is 11.6 Å². The molecule has 0 aliphatic carbocycles. The van der Waals surface area contributed by atoms with E-state index in [9.17, 15) is 13.2 Å². The minimum atomic E-state index is -4.58. The maximum absolute atomic E-state index is 13.3. The number of alkyl halides is 3. The molecule has 1 atom stereocenters. The van der Waals surface area contributed by atoms with Gasteiger partial charge in [0.2, 0.25) is 0 Å². The Hall–Kier alpha value is -2.23. The van der Waals surface area contributed by atoms with Crippen LogP contribution in [-0.4, -0.2) is 19.1 Å². The van der Waals surface area contributed by atoms with Crippen LogP contribution >= 0.6 is 11.6 Å². The average molecular weight is 380 g/mol. The first-order valence-corrected chi connectivity index (χ1v) is 8.60. The van der Waals surface area contributed by atoms with Gasteiger partial charge in [0.05, 0.1) is 17.2 Å². The number of hydrogen-bond donors (Lipinski definition) is 1. The first kappa shape index (κ1) is 18.6. The Labute approximate surface area is 155 Å². The largest absolute Gasteiger partial charge is 0.417 e. The molecular weight excluding hydrogens is 363 g/mol. The molecule has 7 heteroatoms. The van der Waals surface area contributed by atoms with Crippen LogP contribution in [0, 0.1) is 11.3 Å². The van der Waals surface area contributed by atoms with Crippen molar-refractivity contribution in [2.24, 2.45) is 0 Å². The average Bonchev–Trinajstić information content (AvgIpc) is 3.14. The van der Waals surface area contributed by atoms with Crippen LogP contribution in [-0.2, 0) is 12.7 Å². The fourth-order valence-electron chi connectivity index (χ4n) is 3.19. The number of benzene rings is 2.